The number of amides is 1. The van der Waals surface area contributed by atoms with Gasteiger partial charge in [0.1, 0.15) is 6.54 Å². The van der Waals surface area contributed by atoms with E-state index in [0.29, 0.717) is 13.1 Å². The normalized spacial score (nSPS) is 16.9. The molecule has 0 aliphatic carbocycles. The average molecular weight is 316 g/mol. The van der Waals surface area contributed by atoms with E-state index in [1.54, 1.807) is 4.90 Å². The number of carboxylic acids is 1. The molecule has 1 amide bonds. The second-order valence-electron chi connectivity index (χ2n) is 4.77. The highest BCUT2D eigenvalue weighted by Crippen LogP contribution is 2.07. The zero-order valence-corrected chi connectivity index (χ0v) is 12.3. The molecule has 0 atom stereocenters. The topological polar surface area (TPSA) is 113 Å². The fourth-order valence-corrected chi connectivity index (χ4v) is 2.89. The van der Waals surface area contributed by atoms with E-state index in [0.717, 1.165) is 6.26 Å². The van der Waals surface area contributed by atoms with Gasteiger partial charge in [0.05, 0.1) is 18.0 Å². The highest BCUT2D eigenvalue weighted by atomic mass is 32.2. The van der Waals surface area contributed by atoms with E-state index < -0.39 is 16.0 Å². The zero-order chi connectivity index (χ0) is 15.6. The molecule has 9 nitrogen and oxygen atoms in total. The van der Waals surface area contributed by atoms with Crippen molar-refractivity contribution in [1.29, 1.82) is 0 Å². The summed E-state index contributed by atoms with van der Waals surface area (Å²) in [6.45, 7) is 1.11. The summed E-state index contributed by atoms with van der Waals surface area (Å²) in [6, 6.07) is 0. The molecule has 1 fully saturated rings. The van der Waals surface area contributed by atoms with Crippen LogP contribution >= 0.6 is 0 Å². The number of hydrogen-bond donors (Lipinski definition) is 1. The first kappa shape index (κ1) is 15.4. The molecule has 2 heterocycles. The summed E-state index contributed by atoms with van der Waals surface area (Å²) >= 11 is 0. The number of aromatic nitrogens is 2. The fourth-order valence-electron chi connectivity index (χ4n) is 2.07. The van der Waals surface area contributed by atoms with Gasteiger partial charge in [0.25, 0.3) is 0 Å². The molecule has 1 aromatic heterocycles. The van der Waals surface area contributed by atoms with E-state index in [4.69, 9.17) is 5.11 Å². The third-order valence-electron chi connectivity index (χ3n) is 3.24. The van der Waals surface area contributed by atoms with E-state index in [1.807, 2.05) is 0 Å². The molecule has 0 bridgehead atoms. The molecule has 2 rings (SSSR count). The van der Waals surface area contributed by atoms with Crippen molar-refractivity contribution < 1.29 is 23.1 Å². The number of piperazine rings is 1. The predicted octanol–water partition coefficient (Wildman–Crippen LogP) is -1.31. The molecular formula is C11H16N4O5S. The van der Waals surface area contributed by atoms with Crippen LogP contribution in [0.1, 0.15) is 10.4 Å². The highest BCUT2D eigenvalue weighted by Gasteiger charge is 2.26. The summed E-state index contributed by atoms with van der Waals surface area (Å²) in [5, 5.41) is 12.6. The summed E-state index contributed by atoms with van der Waals surface area (Å²) in [6.07, 6.45) is 3.60. The highest BCUT2D eigenvalue weighted by molar-refractivity contribution is 7.88. The molecule has 0 radical (unpaired) electrons. The Balaban J connectivity index is 1.91. The van der Waals surface area contributed by atoms with Crippen LogP contribution in [0.4, 0.5) is 0 Å². The largest absolute Gasteiger partial charge is 0.478 e. The SMILES string of the molecule is CS(=O)(=O)N1CCN(C(=O)Cn2cc(C(=O)O)cn2)CC1. The smallest absolute Gasteiger partial charge is 0.338 e. The second-order valence-corrected chi connectivity index (χ2v) is 6.76. The van der Waals surface area contributed by atoms with E-state index in [9.17, 15) is 18.0 Å². The van der Waals surface area contributed by atoms with Crippen molar-refractivity contribution in [3.63, 3.8) is 0 Å². The Morgan fingerprint density at radius 1 is 1.29 bits per heavy atom. The third kappa shape index (κ3) is 3.79. The van der Waals surface area contributed by atoms with Gasteiger partial charge in [-0.25, -0.2) is 13.2 Å². The number of carbonyl (C=O) groups excluding carboxylic acids is 1. The molecule has 21 heavy (non-hydrogen) atoms. The lowest BCUT2D eigenvalue weighted by molar-refractivity contribution is -0.133. The van der Waals surface area contributed by atoms with Crippen molar-refractivity contribution in [2.75, 3.05) is 32.4 Å². The lowest BCUT2D eigenvalue weighted by Crippen LogP contribution is -2.51. The number of rotatable bonds is 4. The van der Waals surface area contributed by atoms with Crippen molar-refractivity contribution in [3.05, 3.63) is 18.0 Å². The van der Waals surface area contributed by atoms with Crippen LogP contribution in [0, 0.1) is 0 Å². The molecule has 1 saturated heterocycles. The Hall–Kier alpha value is -1.94. The van der Waals surface area contributed by atoms with Crippen LogP contribution in [0.25, 0.3) is 0 Å². The molecule has 1 N–H and O–H groups in total. The Morgan fingerprint density at radius 3 is 2.38 bits per heavy atom. The lowest BCUT2D eigenvalue weighted by atomic mass is 10.3. The maximum atomic E-state index is 12.1. The molecule has 1 aromatic rings. The Bertz CT molecular complexity index is 645. The van der Waals surface area contributed by atoms with E-state index in [-0.39, 0.29) is 31.1 Å². The fraction of sp³-hybridized carbons (Fsp3) is 0.545. The predicted molar refractivity (Wildman–Crippen MR) is 72.2 cm³/mol. The molecular weight excluding hydrogens is 300 g/mol. The van der Waals surface area contributed by atoms with Crippen LogP contribution in [0.15, 0.2) is 12.4 Å². The minimum Gasteiger partial charge on any atom is -0.478 e. The lowest BCUT2D eigenvalue weighted by Gasteiger charge is -2.33. The van der Waals surface area contributed by atoms with Gasteiger partial charge in [-0.15, -0.1) is 0 Å². The van der Waals surface area contributed by atoms with Gasteiger partial charge in [0.15, 0.2) is 0 Å². The summed E-state index contributed by atoms with van der Waals surface area (Å²) in [5.74, 6) is -1.32. The summed E-state index contributed by atoms with van der Waals surface area (Å²) in [5.41, 5.74) is 0.0182. The molecule has 0 unspecified atom stereocenters. The summed E-state index contributed by atoms with van der Waals surface area (Å²) in [4.78, 5) is 24.3. The van der Waals surface area contributed by atoms with Gasteiger partial charge in [-0.2, -0.15) is 9.40 Å². The standard InChI is InChI=1S/C11H16N4O5S/c1-21(19,20)15-4-2-13(3-5-15)10(16)8-14-7-9(6-12-14)11(17)18/h6-7H,2-5,8H2,1H3,(H,17,18). The van der Waals surface area contributed by atoms with Crippen LogP contribution in [-0.4, -0.2) is 76.8 Å². The first-order valence-corrected chi connectivity index (χ1v) is 8.11. The van der Waals surface area contributed by atoms with Gasteiger partial charge in [-0.1, -0.05) is 0 Å². The van der Waals surface area contributed by atoms with Crippen molar-refractivity contribution in [1.82, 2.24) is 19.0 Å². The van der Waals surface area contributed by atoms with Gasteiger partial charge in [-0.05, 0) is 0 Å². The van der Waals surface area contributed by atoms with Crippen molar-refractivity contribution >= 4 is 21.9 Å². The van der Waals surface area contributed by atoms with Gasteiger partial charge in [-0.3, -0.25) is 9.48 Å². The van der Waals surface area contributed by atoms with Crippen molar-refractivity contribution in [2.24, 2.45) is 0 Å². The zero-order valence-electron chi connectivity index (χ0n) is 11.5. The third-order valence-corrected chi connectivity index (χ3v) is 4.54. The van der Waals surface area contributed by atoms with E-state index >= 15 is 0 Å². The number of nitrogens with zero attached hydrogens (tertiary/aromatic N) is 4. The van der Waals surface area contributed by atoms with E-state index in [2.05, 4.69) is 5.10 Å². The molecule has 1 aliphatic rings. The average Bonchev–Trinajstić information content (AvgIpc) is 2.86. The molecule has 1 aliphatic heterocycles. The Kier molecular flexibility index (Phi) is 4.28. The minimum atomic E-state index is -3.23. The molecule has 0 aromatic carbocycles. The first-order valence-electron chi connectivity index (χ1n) is 6.26. The van der Waals surface area contributed by atoms with Gasteiger partial charge >= 0.3 is 5.97 Å². The molecule has 10 heteroatoms. The van der Waals surface area contributed by atoms with E-state index in [1.165, 1.54) is 21.4 Å². The minimum absolute atomic E-state index is 0.0182. The Labute approximate surface area is 121 Å². The van der Waals surface area contributed by atoms with Crippen LogP contribution in [0.5, 0.6) is 0 Å². The number of carbonyl (C=O) groups is 2. The van der Waals surface area contributed by atoms with Crippen LogP contribution < -0.4 is 0 Å². The maximum Gasteiger partial charge on any atom is 0.338 e. The maximum absolute atomic E-state index is 12.1. The number of carboxylic acid groups (broad SMARTS) is 1. The summed E-state index contributed by atoms with van der Waals surface area (Å²) in [7, 11) is -3.23. The number of sulfonamides is 1. The van der Waals surface area contributed by atoms with Crippen molar-refractivity contribution in [3.8, 4) is 0 Å². The summed E-state index contributed by atoms with van der Waals surface area (Å²) < 4.78 is 25.3. The van der Waals surface area contributed by atoms with Crippen molar-refractivity contribution in [2.45, 2.75) is 6.54 Å². The monoisotopic (exact) mass is 316 g/mol. The van der Waals surface area contributed by atoms with Gasteiger partial charge in [0, 0.05) is 32.4 Å². The van der Waals surface area contributed by atoms with Crippen LogP contribution in [0.2, 0.25) is 0 Å². The quantitative estimate of drug-likeness (QED) is 0.737. The first-order chi connectivity index (χ1) is 9.77. The molecule has 116 valence electrons. The number of aromatic carboxylic acids is 1. The number of hydrogen-bond acceptors (Lipinski definition) is 5. The Morgan fingerprint density at radius 2 is 1.90 bits per heavy atom. The molecule has 0 spiro atoms. The second kappa shape index (κ2) is 5.82. The van der Waals surface area contributed by atoms with Crippen LogP contribution in [0.3, 0.4) is 0 Å². The van der Waals surface area contributed by atoms with Crippen LogP contribution in [-0.2, 0) is 21.4 Å². The van der Waals surface area contributed by atoms with Gasteiger partial charge in [0.2, 0.25) is 15.9 Å². The van der Waals surface area contributed by atoms with Gasteiger partial charge < -0.3 is 10.0 Å². The molecule has 0 saturated carbocycles.